The molecule has 0 saturated heterocycles. The third kappa shape index (κ3) is 3.52. The summed E-state index contributed by atoms with van der Waals surface area (Å²) in [5.74, 6) is 0.890. The van der Waals surface area contributed by atoms with Crippen LogP contribution in [0, 0.1) is 0 Å². The molecule has 3 heteroatoms. The highest BCUT2D eigenvalue weighted by molar-refractivity contribution is 7.99. The zero-order chi connectivity index (χ0) is 12.8. The lowest BCUT2D eigenvalue weighted by Crippen LogP contribution is -1.86. The normalized spacial score (nSPS) is 10.6. The van der Waals surface area contributed by atoms with Gasteiger partial charge in [-0.3, -0.25) is 0 Å². The van der Waals surface area contributed by atoms with E-state index in [4.69, 9.17) is 16.7 Å². The second kappa shape index (κ2) is 6.83. The number of aliphatic hydroxyl groups excluding tert-OH is 1. The Hall–Kier alpha value is -0.960. The van der Waals surface area contributed by atoms with E-state index in [1.54, 1.807) is 11.8 Å². The number of thioether (sulfide) groups is 1. The predicted octanol–water partition coefficient (Wildman–Crippen LogP) is 4.48. The Morgan fingerprint density at radius 3 is 2.44 bits per heavy atom. The summed E-state index contributed by atoms with van der Waals surface area (Å²) in [6.07, 6.45) is 0.793. The van der Waals surface area contributed by atoms with E-state index in [2.05, 4.69) is 18.2 Å². The molecule has 1 N–H and O–H groups in total. The average Bonchev–Trinajstić information content (AvgIpc) is 2.42. The average molecular weight is 279 g/mol. The molecule has 0 heterocycles. The molecule has 2 aromatic rings. The molecule has 0 aliphatic rings. The first kappa shape index (κ1) is 13.5. The summed E-state index contributed by atoms with van der Waals surface area (Å²) in [6.45, 7) is 0.229. The van der Waals surface area contributed by atoms with Crippen LogP contribution < -0.4 is 0 Å². The molecule has 0 atom stereocenters. The van der Waals surface area contributed by atoms with Gasteiger partial charge in [-0.2, -0.15) is 0 Å². The Morgan fingerprint density at radius 2 is 1.78 bits per heavy atom. The summed E-state index contributed by atoms with van der Waals surface area (Å²) in [4.78, 5) is 1.07. The SMILES string of the molecule is OCCCSc1ccc(-c2ccccc2)cc1Cl. The van der Waals surface area contributed by atoms with Crippen molar-refractivity contribution in [2.75, 3.05) is 12.4 Å². The molecule has 94 valence electrons. The van der Waals surface area contributed by atoms with Gasteiger partial charge in [-0.25, -0.2) is 0 Å². The van der Waals surface area contributed by atoms with Gasteiger partial charge in [0.1, 0.15) is 0 Å². The molecule has 0 radical (unpaired) electrons. The molecule has 2 rings (SSSR count). The van der Waals surface area contributed by atoms with Gasteiger partial charge in [0.25, 0.3) is 0 Å². The lowest BCUT2D eigenvalue weighted by atomic mass is 10.1. The van der Waals surface area contributed by atoms with E-state index in [1.807, 2.05) is 30.3 Å². The number of benzene rings is 2. The van der Waals surface area contributed by atoms with Crippen molar-refractivity contribution >= 4 is 23.4 Å². The Balaban J connectivity index is 2.15. The number of aliphatic hydroxyl groups is 1. The highest BCUT2D eigenvalue weighted by atomic mass is 35.5. The minimum absolute atomic E-state index is 0.229. The van der Waals surface area contributed by atoms with Crippen molar-refractivity contribution in [3.8, 4) is 11.1 Å². The summed E-state index contributed by atoms with van der Waals surface area (Å²) in [6, 6.07) is 16.3. The van der Waals surface area contributed by atoms with E-state index < -0.39 is 0 Å². The monoisotopic (exact) mass is 278 g/mol. The first-order valence-corrected chi connectivity index (χ1v) is 7.26. The highest BCUT2D eigenvalue weighted by Gasteiger charge is 2.04. The molecule has 0 fully saturated rings. The van der Waals surface area contributed by atoms with E-state index in [0.717, 1.165) is 27.7 Å². The zero-order valence-corrected chi connectivity index (χ0v) is 11.5. The molecule has 0 aromatic heterocycles. The first-order valence-electron chi connectivity index (χ1n) is 5.90. The van der Waals surface area contributed by atoms with Crippen LogP contribution in [0.4, 0.5) is 0 Å². The van der Waals surface area contributed by atoms with Gasteiger partial charge in [-0.1, -0.05) is 48.0 Å². The van der Waals surface area contributed by atoms with Crippen LogP contribution in [0.25, 0.3) is 11.1 Å². The minimum Gasteiger partial charge on any atom is -0.396 e. The molecular formula is C15H15ClOS. The molecule has 0 aliphatic heterocycles. The summed E-state index contributed by atoms with van der Waals surface area (Å²) in [5.41, 5.74) is 2.30. The molecule has 0 spiro atoms. The van der Waals surface area contributed by atoms with Gasteiger partial charge in [-0.15, -0.1) is 11.8 Å². The second-order valence-electron chi connectivity index (χ2n) is 3.94. The van der Waals surface area contributed by atoms with Crippen LogP contribution in [-0.4, -0.2) is 17.5 Å². The Morgan fingerprint density at radius 1 is 1.00 bits per heavy atom. The maximum atomic E-state index is 8.76. The fourth-order valence-electron chi connectivity index (χ4n) is 1.67. The first-order chi connectivity index (χ1) is 8.81. The largest absolute Gasteiger partial charge is 0.396 e. The van der Waals surface area contributed by atoms with E-state index in [-0.39, 0.29) is 6.61 Å². The quantitative estimate of drug-likeness (QED) is 0.643. The van der Waals surface area contributed by atoms with Gasteiger partial charge in [-0.05, 0) is 29.7 Å². The van der Waals surface area contributed by atoms with Crippen LogP contribution in [-0.2, 0) is 0 Å². The van der Waals surface area contributed by atoms with Gasteiger partial charge in [0.15, 0.2) is 0 Å². The molecule has 1 nitrogen and oxygen atoms in total. The third-order valence-corrected chi connectivity index (χ3v) is 4.18. The smallest absolute Gasteiger partial charge is 0.0548 e. The van der Waals surface area contributed by atoms with Crippen LogP contribution in [0.15, 0.2) is 53.4 Å². The van der Waals surface area contributed by atoms with Crippen LogP contribution in [0.5, 0.6) is 0 Å². The maximum absolute atomic E-state index is 8.76. The molecule has 0 unspecified atom stereocenters. The van der Waals surface area contributed by atoms with Gasteiger partial charge >= 0.3 is 0 Å². The molecule has 0 saturated carbocycles. The van der Waals surface area contributed by atoms with Crippen LogP contribution in [0.2, 0.25) is 5.02 Å². The number of hydrogen-bond donors (Lipinski definition) is 1. The minimum atomic E-state index is 0.229. The topological polar surface area (TPSA) is 20.2 Å². The zero-order valence-electron chi connectivity index (χ0n) is 9.97. The van der Waals surface area contributed by atoms with E-state index >= 15 is 0 Å². The Kier molecular flexibility index (Phi) is 5.12. The Labute approximate surface area is 117 Å². The maximum Gasteiger partial charge on any atom is 0.0548 e. The van der Waals surface area contributed by atoms with Crippen molar-refractivity contribution in [2.45, 2.75) is 11.3 Å². The number of rotatable bonds is 5. The summed E-state index contributed by atoms with van der Waals surface area (Å²) in [5, 5.41) is 9.54. The number of hydrogen-bond acceptors (Lipinski definition) is 2. The van der Waals surface area contributed by atoms with Crippen molar-refractivity contribution in [2.24, 2.45) is 0 Å². The van der Waals surface area contributed by atoms with Gasteiger partial charge in [0.05, 0.1) is 5.02 Å². The van der Waals surface area contributed by atoms with Crippen molar-refractivity contribution < 1.29 is 5.11 Å². The molecule has 0 amide bonds. The van der Waals surface area contributed by atoms with Gasteiger partial charge in [0.2, 0.25) is 0 Å². The van der Waals surface area contributed by atoms with E-state index in [9.17, 15) is 0 Å². The molecule has 0 aliphatic carbocycles. The molecule has 0 bridgehead atoms. The number of halogens is 1. The summed E-state index contributed by atoms with van der Waals surface area (Å²) in [7, 11) is 0. The lowest BCUT2D eigenvalue weighted by Gasteiger charge is -2.07. The molecular weight excluding hydrogens is 264 g/mol. The third-order valence-electron chi connectivity index (χ3n) is 2.60. The second-order valence-corrected chi connectivity index (χ2v) is 5.48. The fraction of sp³-hybridized carbons (Fsp3) is 0.200. The lowest BCUT2D eigenvalue weighted by molar-refractivity contribution is 0.296. The van der Waals surface area contributed by atoms with Crippen molar-refractivity contribution in [3.63, 3.8) is 0 Å². The van der Waals surface area contributed by atoms with Crippen molar-refractivity contribution in [1.82, 2.24) is 0 Å². The summed E-state index contributed by atoms with van der Waals surface area (Å²) >= 11 is 7.96. The molecule has 2 aromatic carbocycles. The van der Waals surface area contributed by atoms with Crippen LogP contribution in [0.3, 0.4) is 0 Å². The standard InChI is InChI=1S/C15H15ClOS/c16-14-11-13(12-5-2-1-3-6-12)7-8-15(14)18-10-4-9-17/h1-3,5-8,11,17H,4,9-10H2. The summed E-state index contributed by atoms with van der Waals surface area (Å²) < 4.78 is 0. The Bertz CT molecular complexity index is 499. The van der Waals surface area contributed by atoms with E-state index in [0.29, 0.717) is 0 Å². The van der Waals surface area contributed by atoms with Gasteiger partial charge in [0, 0.05) is 17.3 Å². The highest BCUT2D eigenvalue weighted by Crippen LogP contribution is 2.31. The molecule has 18 heavy (non-hydrogen) atoms. The van der Waals surface area contributed by atoms with Crippen molar-refractivity contribution in [3.05, 3.63) is 53.6 Å². The van der Waals surface area contributed by atoms with E-state index in [1.165, 1.54) is 5.56 Å². The predicted molar refractivity (Wildman–Crippen MR) is 79.3 cm³/mol. The fourth-order valence-corrected chi connectivity index (χ4v) is 2.87. The van der Waals surface area contributed by atoms with Crippen LogP contribution in [0.1, 0.15) is 6.42 Å². The van der Waals surface area contributed by atoms with Gasteiger partial charge < -0.3 is 5.11 Å². The van der Waals surface area contributed by atoms with Crippen LogP contribution >= 0.6 is 23.4 Å². The van der Waals surface area contributed by atoms with Crippen molar-refractivity contribution in [1.29, 1.82) is 0 Å².